The lowest BCUT2D eigenvalue weighted by molar-refractivity contribution is 0.550. The van der Waals surface area contributed by atoms with Crippen LogP contribution >= 0.6 is 15.9 Å². The van der Waals surface area contributed by atoms with E-state index in [2.05, 4.69) is 48.3 Å². The second-order valence-corrected chi connectivity index (χ2v) is 5.04. The zero-order valence-electron chi connectivity index (χ0n) is 9.49. The van der Waals surface area contributed by atoms with E-state index in [9.17, 15) is 0 Å². The molecule has 1 aliphatic heterocycles. The quantitative estimate of drug-likeness (QED) is 0.778. The van der Waals surface area contributed by atoms with Gasteiger partial charge in [0, 0.05) is 17.9 Å². The standard InChI is InChI=1S/C10H13BrN6/c1-7-2-3-16(8(7)4-11)10-6-12-5-9-13-14-15-17(9)10/h5-8H,2-4H2,1H3. The Hall–Kier alpha value is -1.24. The number of alkyl halides is 1. The monoisotopic (exact) mass is 296 g/mol. The molecule has 0 spiro atoms. The number of nitrogens with zero attached hydrogens (tertiary/aromatic N) is 6. The van der Waals surface area contributed by atoms with E-state index in [0.717, 1.165) is 17.7 Å². The zero-order valence-corrected chi connectivity index (χ0v) is 11.1. The lowest BCUT2D eigenvalue weighted by Gasteiger charge is -2.26. The molecule has 0 aromatic carbocycles. The van der Waals surface area contributed by atoms with Crippen molar-refractivity contribution >= 4 is 27.4 Å². The smallest absolute Gasteiger partial charge is 0.199 e. The Morgan fingerprint density at radius 3 is 3.18 bits per heavy atom. The summed E-state index contributed by atoms with van der Waals surface area (Å²) in [6.07, 6.45) is 4.69. The molecule has 2 aromatic heterocycles. The summed E-state index contributed by atoms with van der Waals surface area (Å²) in [7, 11) is 0. The largest absolute Gasteiger partial charge is 0.351 e. The van der Waals surface area contributed by atoms with Crippen molar-refractivity contribution in [2.75, 3.05) is 16.8 Å². The molecule has 2 atom stereocenters. The number of hydrogen-bond acceptors (Lipinski definition) is 5. The van der Waals surface area contributed by atoms with Gasteiger partial charge in [0.25, 0.3) is 0 Å². The van der Waals surface area contributed by atoms with Gasteiger partial charge in [-0.05, 0) is 22.8 Å². The number of aromatic nitrogens is 5. The highest BCUT2D eigenvalue weighted by Crippen LogP contribution is 2.29. The summed E-state index contributed by atoms with van der Waals surface area (Å²) in [5.41, 5.74) is 0.690. The maximum atomic E-state index is 4.20. The van der Waals surface area contributed by atoms with Crippen molar-refractivity contribution in [3.05, 3.63) is 12.4 Å². The van der Waals surface area contributed by atoms with Crippen LogP contribution in [0.3, 0.4) is 0 Å². The second-order valence-electron chi connectivity index (χ2n) is 4.40. The molecule has 3 rings (SSSR count). The average molecular weight is 297 g/mol. The fourth-order valence-electron chi connectivity index (χ4n) is 2.39. The second kappa shape index (κ2) is 4.21. The van der Waals surface area contributed by atoms with Crippen LogP contribution in [0, 0.1) is 5.92 Å². The molecular formula is C10H13BrN6. The minimum absolute atomic E-state index is 0.478. The van der Waals surface area contributed by atoms with E-state index in [1.54, 1.807) is 10.7 Å². The molecule has 0 N–H and O–H groups in total. The average Bonchev–Trinajstić information content (AvgIpc) is 2.94. The summed E-state index contributed by atoms with van der Waals surface area (Å²) in [5.74, 6) is 1.64. The Labute approximate surface area is 107 Å². The van der Waals surface area contributed by atoms with E-state index in [0.29, 0.717) is 17.6 Å². The predicted molar refractivity (Wildman–Crippen MR) is 67.3 cm³/mol. The lowest BCUT2D eigenvalue weighted by atomic mass is 10.1. The van der Waals surface area contributed by atoms with Gasteiger partial charge < -0.3 is 4.90 Å². The molecule has 90 valence electrons. The van der Waals surface area contributed by atoms with Gasteiger partial charge in [-0.1, -0.05) is 22.9 Å². The first kappa shape index (κ1) is 10.9. The van der Waals surface area contributed by atoms with Gasteiger partial charge in [0.1, 0.15) is 0 Å². The maximum absolute atomic E-state index is 4.20. The van der Waals surface area contributed by atoms with E-state index in [1.807, 2.05) is 6.20 Å². The van der Waals surface area contributed by atoms with Crippen LogP contribution in [0.2, 0.25) is 0 Å². The van der Waals surface area contributed by atoms with Crippen molar-refractivity contribution in [3.8, 4) is 0 Å². The van der Waals surface area contributed by atoms with Gasteiger partial charge in [0.2, 0.25) is 0 Å². The number of rotatable bonds is 2. The number of halogens is 1. The number of tetrazole rings is 1. The third-order valence-electron chi connectivity index (χ3n) is 3.43. The van der Waals surface area contributed by atoms with Gasteiger partial charge in [0.05, 0.1) is 12.4 Å². The molecule has 6 nitrogen and oxygen atoms in total. The molecule has 0 amide bonds. The molecule has 0 aliphatic carbocycles. The van der Waals surface area contributed by atoms with Gasteiger partial charge in [0.15, 0.2) is 11.5 Å². The maximum Gasteiger partial charge on any atom is 0.199 e. The Morgan fingerprint density at radius 1 is 1.47 bits per heavy atom. The van der Waals surface area contributed by atoms with Crippen LogP contribution in [-0.4, -0.2) is 42.9 Å². The molecule has 1 fully saturated rings. The molecule has 0 bridgehead atoms. The Balaban J connectivity index is 2.06. The summed E-state index contributed by atoms with van der Waals surface area (Å²) in [6, 6.07) is 0.478. The lowest BCUT2D eigenvalue weighted by Crippen LogP contribution is -2.34. The van der Waals surface area contributed by atoms with Crippen LogP contribution in [0.4, 0.5) is 5.82 Å². The van der Waals surface area contributed by atoms with Gasteiger partial charge in [-0.2, -0.15) is 4.52 Å². The first-order chi connectivity index (χ1) is 8.31. The fraction of sp³-hybridized carbons (Fsp3) is 0.600. The molecule has 0 radical (unpaired) electrons. The van der Waals surface area contributed by atoms with E-state index in [-0.39, 0.29) is 0 Å². The van der Waals surface area contributed by atoms with Crippen LogP contribution in [0.5, 0.6) is 0 Å². The number of hydrogen-bond donors (Lipinski definition) is 0. The molecule has 1 saturated heterocycles. The first-order valence-electron chi connectivity index (χ1n) is 5.66. The normalized spacial score (nSPS) is 24.7. The molecule has 0 saturated carbocycles. The minimum Gasteiger partial charge on any atom is -0.351 e. The summed E-state index contributed by atoms with van der Waals surface area (Å²) in [5, 5.41) is 12.6. The third-order valence-corrected chi connectivity index (χ3v) is 4.09. The molecule has 2 aromatic rings. The van der Waals surface area contributed by atoms with E-state index in [1.165, 1.54) is 6.42 Å². The summed E-state index contributed by atoms with van der Waals surface area (Å²) < 4.78 is 1.75. The molecular weight excluding hydrogens is 284 g/mol. The van der Waals surface area contributed by atoms with Crippen molar-refractivity contribution < 1.29 is 0 Å². The molecule has 7 heteroatoms. The highest BCUT2D eigenvalue weighted by atomic mass is 79.9. The summed E-state index contributed by atoms with van der Waals surface area (Å²) >= 11 is 3.59. The SMILES string of the molecule is CC1CCN(c2cncc3nnnn23)C1CBr. The van der Waals surface area contributed by atoms with Gasteiger partial charge >= 0.3 is 0 Å². The van der Waals surface area contributed by atoms with E-state index in [4.69, 9.17) is 0 Å². The molecule has 3 heterocycles. The predicted octanol–water partition coefficient (Wildman–Crippen LogP) is 1.13. The molecule has 2 unspecified atom stereocenters. The van der Waals surface area contributed by atoms with Crippen molar-refractivity contribution in [2.24, 2.45) is 5.92 Å². The van der Waals surface area contributed by atoms with E-state index >= 15 is 0 Å². The molecule has 1 aliphatic rings. The van der Waals surface area contributed by atoms with Crippen LogP contribution in [-0.2, 0) is 0 Å². The topological polar surface area (TPSA) is 59.2 Å². The third kappa shape index (κ3) is 1.69. The fourth-order valence-corrected chi connectivity index (χ4v) is 3.37. The summed E-state index contributed by atoms with van der Waals surface area (Å²) in [4.78, 5) is 6.53. The van der Waals surface area contributed by atoms with Gasteiger partial charge in [-0.3, -0.25) is 4.98 Å². The van der Waals surface area contributed by atoms with Crippen molar-refractivity contribution in [1.82, 2.24) is 25.0 Å². The van der Waals surface area contributed by atoms with Crippen LogP contribution < -0.4 is 4.90 Å². The Bertz CT molecular complexity index is 526. The molecule has 17 heavy (non-hydrogen) atoms. The van der Waals surface area contributed by atoms with Gasteiger partial charge in [-0.15, -0.1) is 5.10 Å². The van der Waals surface area contributed by atoms with Crippen LogP contribution in [0.1, 0.15) is 13.3 Å². The zero-order chi connectivity index (χ0) is 11.8. The Kier molecular flexibility index (Phi) is 2.70. The summed E-state index contributed by atoms with van der Waals surface area (Å²) in [6.45, 7) is 3.30. The van der Waals surface area contributed by atoms with E-state index < -0.39 is 0 Å². The van der Waals surface area contributed by atoms with Crippen molar-refractivity contribution in [1.29, 1.82) is 0 Å². The van der Waals surface area contributed by atoms with Crippen molar-refractivity contribution in [2.45, 2.75) is 19.4 Å². The minimum atomic E-state index is 0.478. The van der Waals surface area contributed by atoms with Crippen molar-refractivity contribution in [3.63, 3.8) is 0 Å². The highest BCUT2D eigenvalue weighted by molar-refractivity contribution is 9.09. The first-order valence-corrected chi connectivity index (χ1v) is 6.78. The van der Waals surface area contributed by atoms with Gasteiger partial charge in [-0.25, -0.2) is 0 Å². The number of anilines is 1. The van der Waals surface area contributed by atoms with Crippen LogP contribution in [0.25, 0.3) is 5.65 Å². The highest BCUT2D eigenvalue weighted by Gasteiger charge is 2.32. The number of fused-ring (bicyclic) bond motifs is 1. The van der Waals surface area contributed by atoms with Crippen LogP contribution in [0.15, 0.2) is 12.4 Å². The Morgan fingerprint density at radius 2 is 2.35 bits per heavy atom.